The Morgan fingerprint density at radius 2 is 1.23 bits per heavy atom. The largest absolute Gasteiger partial charge is 0.0654 e. The van der Waals surface area contributed by atoms with Crippen LogP contribution in [0.4, 0.5) is 0 Å². The van der Waals surface area contributed by atoms with Gasteiger partial charge in [0.2, 0.25) is 0 Å². The van der Waals surface area contributed by atoms with E-state index in [4.69, 9.17) is 0 Å². The molecular weight excluding hydrogens is 360 g/mol. The van der Waals surface area contributed by atoms with Gasteiger partial charge in [-0.25, -0.2) is 0 Å². The van der Waals surface area contributed by atoms with Gasteiger partial charge in [0.1, 0.15) is 0 Å². The molecule has 2 rings (SSSR count). The van der Waals surface area contributed by atoms with E-state index in [1.807, 2.05) is 0 Å². The van der Waals surface area contributed by atoms with Gasteiger partial charge in [-0.1, -0.05) is 137 Å². The summed E-state index contributed by atoms with van der Waals surface area (Å²) in [4.78, 5) is 0. The van der Waals surface area contributed by atoms with Crippen molar-refractivity contribution in [3.63, 3.8) is 0 Å². The standard InChI is InChI=1S/C30H58/c1-6-18-25(3)19-14-12-10-8-9-11-13-15-20-27-23-28(27)21-16-17-22-29-24-30(29,5)26(4)7-2/h25-29H,6-24H2,1-5H3. The van der Waals surface area contributed by atoms with Crippen molar-refractivity contribution >= 4 is 0 Å². The molecule has 0 saturated heterocycles. The Morgan fingerprint density at radius 3 is 1.83 bits per heavy atom. The lowest BCUT2D eigenvalue weighted by molar-refractivity contribution is 0.312. The van der Waals surface area contributed by atoms with Gasteiger partial charge in [-0.15, -0.1) is 0 Å². The highest BCUT2D eigenvalue weighted by molar-refractivity contribution is 5.01. The van der Waals surface area contributed by atoms with E-state index in [-0.39, 0.29) is 0 Å². The van der Waals surface area contributed by atoms with Gasteiger partial charge < -0.3 is 0 Å². The van der Waals surface area contributed by atoms with Gasteiger partial charge in [-0.3, -0.25) is 0 Å². The molecule has 2 aliphatic carbocycles. The normalized spacial score (nSPS) is 29.7. The van der Waals surface area contributed by atoms with Crippen LogP contribution in [-0.2, 0) is 0 Å². The van der Waals surface area contributed by atoms with Crippen LogP contribution in [0.2, 0.25) is 0 Å². The molecule has 178 valence electrons. The summed E-state index contributed by atoms with van der Waals surface area (Å²) in [6.45, 7) is 12.2. The van der Waals surface area contributed by atoms with Crippen molar-refractivity contribution < 1.29 is 0 Å². The Hall–Kier alpha value is 0. The molecule has 0 heteroatoms. The first-order valence-corrected chi connectivity index (χ1v) is 14.5. The first-order valence-electron chi connectivity index (χ1n) is 14.5. The zero-order chi connectivity index (χ0) is 21.8. The van der Waals surface area contributed by atoms with E-state index < -0.39 is 0 Å². The average molecular weight is 419 g/mol. The Kier molecular flexibility index (Phi) is 12.4. The fourth-order valence-corrected chi connectivity index (χ4v) is 6.39. The maximum Gasteiger partial charge on any atom is -0.0269 e. The fourth-order valence-electron chi connectivity index (χ4n) is 6.39. The number of hydrogen-bond acceptors (Lipinski definition) is 0. The Morgan fingerprint density at radius 1 is 0.700 bits per heavy atom. The maximum atomic E-state index is 2.55. The molecule has 2 fully saturated rings. The van der Waals surface area contributed by atoms with Crippen molar-refractivity contribution in [2.75, 3.05) is 0 Å². The minimum Gasteiger partial charge on any atom is -0.0654 e. The summed E-state index contributed by atoms with van der Waals surface area (Å²) in [7, 11) is 0. The van der Waals surface area contributed by atoms with Gasteiger partial charge in [0.05, 0.1) is 0 Å². The zero-order valence-corrected chi connectivity index (χ0v) is 21.8. The molecule has 0 amide bonds. The lowest BCUT2D eigenvalue weighted by atomic mass is 9.87. The van der Waals surface area contributed by atoms with Gasteiger partial charge in [0.25, 0.3) is 0 Å². The highest BCUT2D eigenvalue weighted by Gasteiger charge is 2.51. The van der Waals surface area contributed by atoms with Crippen molar-refractivity contribution in [3.05, 3.63) is 0 Å². The molecule has 0 aliphatic heterocycles. The van der Waals surface area contributed by atoms with E-state index in [0.717, 1.165) is 29.6 Å². The van der Waals surface area contributed by atoms with Crippen molar-refractivity contribution in [2.24, 2.45) is 35.0 Å². The SMILES string of the molecule is CCCC(C)CCCCCCCCCCC1CC1CCCCC1CC1(C)C(C)CC. The van der Waals surface area contributed by atoms with Crippen LogP contribution in [0.5, 0.6) is 0 Å². The van der Waals surface area contributed by atoms with Gasteiger partial charge in [-0.2, -0.15) is 0 Å². The molecule has 0 aromatic rings. The third-order valence-corrected chi connectivity index (χ3v) is 9.45. The predicted octanol–water partition coefficient (Wildman–Crippen LogP) is 10.6. The molecule has 0 N–H and O–H groups in total. The molecule has 2 saturated carbocycles. The van der Waals surface area contributed by atoms with E-state index in [9.17, 15) is 0 Å². The smallest absolute Gasteiger partial charge is 0.0269 e. The second-order valence-electron chi connectivity index (χ2n) is 12.1. The van der Waals surface area contributed by atoms with Crippen molar-refractivity contribution in [1.82, 2.24) is 0 Å². The quantitative estimate of drug-likeness (QED) is 0.172. The summed E-state index contributed by atoms with van der Waals surface area (Å²) in [5.41, 5.74) is 0.712. The summed E-state index contributed by atoms with van der Waals surface area (Å²) in [5.74, 6) is 5.22. The van der Waals surface area contributed by atoms with Crippen LogP contribution in [0.15, 0.2) is 0 Å². The summed E-state index contributed by atoms with van der Waals surface area (Å²) >= 11 is 0. The molecule has 30 heavy (non-hydrogen) atoms. The summed E-state index contributed by atoms with van der Waals surface area (Å²) in [5, 5.41) is 0. The monoisotopic (exact) mass is 418 g/mol. The highest BCUT2D eigenvalue weighted by Crippen LogP contribution is 2.60. The zero-order valence-electron chi connectivity index (χ0n) is 21.8. The molecule has 0 nitrogen and oxygen atoms in total. The topological polar surface area (TPSA) is 0 Å². The van der Waals surface area contributed by atoms with Gasteiger partial charge in [-0.05, 0) is 54.3 Å². The molecule has 0 bridgehead atoms. The highest BCUT2D eigenvalue weighted by atomic mass is 14.6. The van der Waals surface area contributed by atoms with Gasteiger partial charge in [0, 0.05) is 0 Å². The number of rotatable bonds is 20. The maximum absolute atomic E-state index is 2.55. The van der Waals surface area contributed by atoms with Crippen molar-refractivity contribution in [1.29, 1.82) is 0 Å². The minimum absolute atomic E-state index is 0.712. The minimum atomic E-state index is 0.712. The van der Waals surface area contributed by atoms with Crippen molar-refractivity contribution in [2.45, 2.75) is 157 Å². The van der Waals surface area contributed by atoms with Crippen LogP contribution < -0.4 is 0 Å². The number of hydrogen-bond donors (Lipinski definition) is 0. The lowest BCUT2D eigenvalue weighted by Crippen LogP contribution is -2.10. The number of unbranched alkanes of at least 4 members (excludes halogenated alkanes) is 8. The fraction of sp³-hybridized carbons (Fsp3) is 1.00. The van der Waals surface area contributed by atoms with Crippen LogP contribution in [0.3, 0.4) is 0 Å². The lowest BCUT2D eigenvalue weighted by Gasteiger charge is -2.18. The molecule has 0 aromatic heterocycles. The molecule has 0 heterocycles. The Bertz CT molecular complexity index is 426. The molecule has 0 spiro atoms. The van der Waals surface area contributed by atoms with E-state index in [0.29, 0.717) is 5.41 Å². The molecule has 0 aromatic carbocycles. The van der Waals surface area contributed by atoms with E-state index in [1.165, 1.54) is 103 Å². The molecular formula is C30H58. The van der Waals surface area contributed by atoms with Gasteiger partial charge in [0.15, 0.2) is 0 Å². The molecule has 0 radical (unpaired) electrons. The molecule has 2 aliphatic rings. The second kappa shape index (κ2) is 14.2. The van der Waals surface area contributed by atoms with Crippen LogP contribution in [0.25, 0.3) is 0 Å². The van der Waals surface area contributed by atoms with E-state index in [2.05, 4.69) is 34.6 Å². The third-order valence-electron chi connectivity index (χ3n) is 9.45. The average Bonchev–Trinajstić information content (AvgIpc) is 3.63. The van der Waals surface area contributed by atoms with Crippen molar-refractivity contribution in [3.8, 4) is 0 Å². The third kappa shape index (κ3) is 9.65. The molecule has 6 atom stereocenters. The Balaban J connectivity index is 1.30. The summed E-state index contributed by atoms with van der Waals surface area (Å²) < 4.78 is 0. The van der Waals surface area contributed by atoms with Crippen LogP contribution in [0.1, 0.15) is 157 Å². The first-order chi connectivity index (χ1) is 14.5. The van der Waals surface area contributed by atoms with Crippen LogP contribution >= 0.6 is 0 Å². The van der Waals surface area contributed by atoms with Crippen LogP contribution in [0, 0.1) is 35.0 Å². The first kappa shape index (κ1) is 26.3. The van der Waals surface area contributed by atoms with Gasteiger partial charge >= 0.3 is 0 Å². The van der Waals surface area contributed by atoms with E-state index >= 15 is 0 Å². The predicted molar refractivity (Wildman–Crippen MR) is 136 cm³/mol. The summed E-state index contributed by atoms with van der Waals surface area (Å²) in [6, 6.07) is 0. The second-order valence-corrected chi connectivity index (χ2v) is 12.1. The van der Waals surface area contributed by atoms with E-state index in [1.54, 1.807) is 19.3 Å². The summed E-state index contributed by atoms with van der Waals surface area (Å²) in [6.07, 6.45) is 28.3. The van der Waals surface area contributed by atoms with Crippen LogP contribution in [-0.4, -0.2) is 0 Å². The molecule has 6 unspecified atom stereocenters. The Labute approximate surface area is 191 Å².